The topological polar surface area (TPSA) is 55.1 Å². The molecular weight excluding hydrogens is 264 g/mol. The summed E-state index contributed by atoms with van der Waals surface area (Å²) in [6.45, 7) is 0.540. The van der Waals surface area contributed by atoms with Crippen LogP contribution in [0.1, 0.15) is 16.1 Å². The molecule has 0 atom stereocenters. The molecule has 0 aliphatic rings. The third kappa shape index (κ3) is 2.84. The summed E-state index contributed by atoms with van der Waals surface area (Å²) < 4.78 is 1.73. The molecule has 21 heavy (non-hydrogen) atoms. The molecule has 3 rings (SSSR count). The minimum Gasteiger partial charge on any atom is -0.476 e. The molecule has 1 aromatic heterocycles. The molecule has 4 nitrogen and oxygen atoms in total. The van der Waals surface area contributed by atoms with Crippen LogP contribution in [0.4, 0.5) is 0 Å². The number of carboxylic acid groups (broad SMARTS) is 1. The van der Waals surface area contributed by atoms with Crippen molar-refractivity contribution in [2.45, 2.75) is 6.54 Å². The van der Waals surface area contributed by atoms with Gasteiger partial charge in [0.15, 0.2) is 5.69 Å². The van der Waals surface area contributed by atoms with Gasteiger partial charge in [0.25, 0.3) is 0 Å². The zero-order valence-electron chi connectivity index (χ0n) is 11.3. The van der Waals surface area contributed by atoms with Crippen LogP contribution in [0, 0.1) is 0 Å². The van der Waals surface area contributed by atoms with Gasteiger partial charge in [-0.3, -0.25) is 4.68 Å². The fraction of sp³-hybridized carbons (Fsp3) is 0.0588. The van der Waals surface area contributed by atoms with Gasteiger partial charge in [0.05, 0.1) is 12.2 Å². The van der Waals surface area contributed by atoms with E-state index in [4.69, 9.17) is 5.11 Å². The Morgan fingerprint density at radius 1 is 1.00 bits per heavy atom. The van der Waals surface area contributed by atoms with E-state index in [9.17, 15) is 4.79 Å². The maximum atomic E-state index is 11.2. The summed E-state index contributed by atoms with van der Waals surface area (Å²) in [7, 11) is 0. The van der Waals surface area contributed by atoms with Gasteiger partial charge in [-0.2, -0.15) is 5.10 Å². The summed E-state index contributed by atoms with van der Waals surface area (Å²) in [4.78, 5) is 11.2. The normalized spacial score (nSPS) is 10.5. The van der Waals surface area contributed by atoms with Gasteiger partial charge in [0, 0.05) is 0 Å². The molecule has 3 aromatic rings. The number of benzene rings is 2. The highest BCUT2D eigenvalue weighted by Gasteiger charge is 2.14. The fourth-order valence-corrected chi connectivity index (χ4v) is 2.24. The second-order valence-corrected chi connectivity index (χ2v) is 4.73. The Hall–Kier alpha value is -2.88. The van der Waals surface area contributed by atoms with E-state index in [1.165, 1.54) is 0 Å². The number of hydrogen-bond donors (Lipinski definition) is 1. The molecule has 0 bridgehead atoms. The SMILES string of the molecule is O=C(O)c1cc(-c2ccccc2)n(Cc2ccccc2)n1. The Labute approximate surface area is 122 Å². The molecule has 0 saturated carbocycles. The van der Waals surface area contributed by atoms with Gasteiger partial charge in [0.1, 0.15) is 0 Å². The van der Waals surface area contributed by atoms with E-state index in [-0.39, 0.29) is 5.69 Å². The largest absolute Gasteiger partial charge is 0.476 e. The number of carboxylic acids is 1. The van der Waals surface area contributed by atoms with Crippen LogP contribution in [-0.2, 0) is 6.54 Å². The third-order valence-corrected chi connectivity index (χ3v) is 3.24. The lowest BCUT2D eigenvalue weighted by atomic mass is 10.1. The molecular formula is C17H14N2O2. The second kappa shape index (κ2) is 5.63. The van der Waals surface area contributed by atoms with E-state index in [0.29, 0.717) is 6.54 Å². The van der Waals surface area contributed by atoms with Gasteiger partial charge in [-0.15, -0.1) is 0 Å². The average molecular weight is 278 g/mol. The lowest BCUT2D eigenvalue weighted by molar-refractivity contribution is 0.0689. The zero-order chi connectivity index (χ0) is 14.7. The number of nitrogens with zero attached hydrogens (tertiary/aromatic N) is 2. The summed E-state index contributed by atoms with van der Waals surface area (Å²) >= 11 is 0. The standard InChI is InChI=1S/C17H14N2O2/c20-17(21)15-11-16(14-9-5-2-6-10-14)19(18-15)12-13-7-3-1-4-8-13/h1-11H,12H2,(H,20,21). The van der Waals surface area contributed by atoms with E-state index in [0.717, 1.165) is 16.8 Å². The van der Waals surface area contributed by atoms with Crippen LogP contribution in [0.25, 0.3) is 11.3 Å². The van der Waals surface area contributed by atoms with Crippen molar-refractivity contribution in [3.05, 3.63) is 78.0 Å². The molecule has 0 amide bonds. The maximum absolute atomic E-state index is 11.2. The molecule has 1 N–H and O–H groups in total. The van der Waals surface area contributed by atoms with Gasteiger partial charge in [-0.25, -0.2) is 4.79 Å². The Kier molecular flexibility index (Phi) is 3.51. The molecule has 0 aliphatic carbocycles. The van der Waals surface area contributed by atoms with Gasteiger partial charge < -0.3 is 5.11 Å². The first kappa shape index (κ1) is 13.1. The zero-order valence-corrected chi connectivity index (χ0v) is 11.3. The summed E-state index contributed by atoms with van der Waals surface area (Å²) in [6.07, 6.45) is 0. The Morgan fingerprint density at radius 3 is 2.24 bits per heavy atom. The van der Waals surface area contributed by atoms with Crippen LogP contribution in [0.2, 0.25) is 0 Å². The first-order valence-corrected chi connectivity index (χ1v) is 6.64. The molecule has 104 valence electrons. The minimum absolute atomic E-state index is 0.0600. The van der Waals surface area contributed by atoms with Gasteiger partial charge in [-0.1, -0.05) is 60.7 Å². The number of aromatic nitrogens is 2. The molecule has 0 aliphatic heterocycles. The average Bonchev–Trinajstić information content (AvgIpc) is 2.93. The highest BCUT2D eigenvalue weighted by Crippen LogP contribution is 2.21. The predicted octanol–water partition coefficient (Wildman–Crippen LogP) is 3.30. The Morgan fingerprint density at radius 2 is 1.62 bits per heavy atom. The van der Waals surface area contributed by atoms with Crippen molar-refractivity contribution < 1.29 is 9.90 Å². The van der Waals surface area contributed by atoms with Crippen molar-refractivity contribution in [1.82, 2.24) is 9.78 Å². The van der Waals surface area contributed by atoms with Gasteiger partial charge in [0.2, 0.25) is 0 Å². The second-order valence-electron chi connectivity index (χ2n) is 4.73. The molecule has 0 radical (unpaired) electrons. The van der Waals surface area contributed by atoms with Crippen molar-refractivity contribution in [3.8, 4) is 11.3 Å². The van der Waals surface area contributed by atoms with E-state index >= 15 is 0 Å². The molecule has 0 fully saturated rings. The van der Waals surface area contributed by atoms with E-state index in [2.05, 4.69) is 5.10 Å². The Bertz CT molecular complexity index is 749. The van der Waals surface area contributed by atoms with Crippen molar-refractivity contribution in [1.29, 1.82) is 0 Å². The number of aromatic carboxylic acids is 1. The van der Waals surface area contributed by atoms with E-state index in [1.807, 2.05) is 60.7 Å². The van der Waals surface area contributed by atoms with Crippen molar-refractivity contribution in [3.63, 3.8) is 0 Å². The third-order valence-electron chi connectivity index (χ3n) is 3.24. The predicted molar refractivity (Wildman–Crippen MR) is 80.2 cm³/mol. The van der Waals surface area contributed by atoms with Crippen molar-refractivity contribution in [2.24, 2.45) is 0 Å². The van der Waals surface area contributed by atoms with E-state index in [1.54, 1.807) is 10.7 Å². The molecule has 0 unspecified atom stereocenters. The number of carbonyl (C=O) groups is 1. The van der Waals surface area contributed by atoms with Crippen molar-refractivity contribution >= 4 is 5.97 Å². The van der Waals surface area contributed by atoms with Gasteiger partial charge >= 0.3 is 5.97 Å². The van der Waals surface area contributed by atoms with Crippen LogP contribution in [0.15, 0.2) is 66.7 Å². The summed E-state index contributed by atoms with van der Waals surface area (Å²) in [5, 5.41) is 13.4. The smallest absolute Gasteiger partial charge is 0.356 e. The molecule has 4 heteroatoms. The van der Waals surface area contributed by atoms with Crippen LogP contribution in [0.3, 0.4) is 0 Å². The lowest BCUT2D eigenvalue weighted by Crippen LogP contribution is -2.05. The number of hydrogen-bond acceptors (Lipinski definition) is 2. The maximum Gasteiger partial charge on any atom is 0.356 e. The summed E-state index contributed by atoms with van der Waals surface area (Å²) in [5.74, 6) is -1.01. The Balaban J connectivity index is 2.04. The monoisotopic (exact) mass is 278 g/mol. The molecule has 0 saturated heterocycles. The van der Waals surface area contributed by atoms with E-state index < -0.39 is 5.97 Å². The molecule has 2 aromatic carbocycles. The summed E-state index contributed by atoms with van der Waals surface area (Å²) in [5.41, 5.74) is 2.89. The van der Waals surface area contributed by atoms with Gasteiger partial charge in [-0.05, 0) is 17.2 Å². The first-order valence-electron chi connectivity index (χ1n) is 6.64. The molecule has 1 heterocycles. The summed E-state index contributed by atoms with van der Waals surface area (Å²) in [6, 6.07) is 21.2. The fourth-order valence-electron chi connectivity index (χ4n) is 2.24. The number of rotatable bonds is 4. The van der Waals surface area contributed by atoms with Crippen molar-refractivity contribution in [2.75, 3.05) is 0 Å². The quantitative estimate of drug-likeness (QED) is 0.796. The minimum atomic E-state index is -1.01. The van der Waals surface area contributed by atoms with Crippen LogP contribution >= 0.6 is 0 Å². The van der Waals surface area contributed by atoms with Crippen LogP contribution < -0.4 is 0 Å². The highest BCUT2D eigenvalue weighted by atomic mass is 16.4. The van der Waals surface area contributed by atoms with Crippen LogP contribution in [-0.4, -0.2) is 20.9 Å². The highest BCUT2D eigenvalue weighted by molar-refractivity contribution is 5.87. The lowest BCUT2D eigenvalue weighted by Gasteiger charge is -2.07. The van der Waals surface area contributed by atoms with Crippen LogP contribution in [0.5, 0.6) is 0 Å². The molecule has 0 spiro atoms. The first-order chi connectivity index (χ1) is 10.2.